The molecule has 8 nitrogen and oxygen atoms in total. The predicted octanol–water partition coefficient (Wildman–Crippen LogP) is 20.1. The van der Waals surface area contributed by atoms with Gasteiger partial charge >= 0.3 is 0 Å². The van der Waals surface area contributed by atoms with Gasteiger partial charge in [0.15, 0.2) is 0 Å². The minimum absolute atomic E-state index is 0.865. The van der Waals surface area contributed by atoms with Gasteiger partial charge in [0.1, 0.15) is 0 Å². The number of nitrogens with zero attached hydrogens (tertiary/aromatic N) is 8. The molecule has 0 saturated heterocycles. The van der Waals surface area contributed by atoms with Crippen LogP contribution in [0.4, 0.5) is 0 Å². The zero-order valence-electron chi connectivity index (χ0n) is 47.4. The molecule has 0 amide bonds. The molecule has 0 aliphatic rings. The summed E-state index contributed by atoms with van der Waals surface area (Å²) in [6.45, 7) is 0. The molecule has 6 heterocycles. The maximum atomic E-state index is 4.92. The highest BCUT2D eigenvalue weighted by atomic mass is 15.0. The van der Waals surface area contributed by atoms with Crippen molar-refractivity contribution in [2.45, 2.75) is 0 Å². The molecule has 0 N–H and O–H groups in total. The van der Waals surface area contributed by atoms with Gasteiger partial charge in [-0.25, -0.2) is 9.97 Å². The molecule has 0 aliphatic heterocycles. The number of rotatable bonds is 6. The Morgan fingerprint density at radius 3 is 1.01 bits per heavy atom. The van der Waals surface area contributed by atoms with Crippen molar-refractivity contribution in [3.05, 3.63) is 304 Å². The van der Waals surface area contributed by atoms with Crippen molar-refractivity contribution in [3.8, 4) is 45.3 Å². The van der Waals surface area contributed by atoms with E-state index in [-0.39, 0.29) is 0 Å². The van der Waals surface area contributed by atoms with Crippen LogP contribution >= 0.6 is 0 Å². The Hall–Kier alpha value is -12.0. The second-order valence-corrected chi connectivity index (χ2v) is 22.6. The molecule has 13 aromatic carbocycles. The fourth-order valence-electron chi connectivity index (χ4n) is 13.8. The number of fused-ring (bicyclic) bond motifs is 17. The number of hydrogen-bond acceptors (Lipinski definition) is 4. The van der Waals surface area contributed by atoms with Gasteiger partial charge in [0, 0.05) is 77.0 Å². The fourth-order valence-corrected chi connectivity index (χ4v) is 13.8. The van der Waals surface area contributed by atoms with Gasteiger partial charge in [0.25, 0.3) is 0 Å². The molecule has 88 heavy (non-hydrogen) atoms. The molecule has 8 heteroatoms. The average Bonchev–Trinajstić information content (AvgIpc) is 1.65. The molecular formula is C80H50N8. The van der Waals surface area contributed by atoms with E-state index < -0.39 is 0 Å². The van der Waals surface area contributed by atoms with Crippen molar-refractivity contribution in [3.63, 3.8) is 0 Å². The van der Waals surface area contributed by atoms with Crippen LogP contribution in [0.1, 0.15) is 0 Å². The molecule has 0 radical (unpaired) electrons. The highest BCUT2D eigenvalue weighted by Gasteiger charge is 2.23. The summed E-state index contributed by atoms with van der Waals surface area (Å²) in [5.74, 6) is 0. The first-order chi connectivity index (χ1) is 43.7. The monoisotopic (exact) mass is 1120 g/mol. The molecule has 0 unspecified atom stereocenters. The summed E-state index contributed by atoms with van der Waals surface area (Å²) in [5.41, 5.74) is 21.6. The summed E-state index contributed by atoms with van der Waals surface area (Å²) in [4.78, 5) is 19.1. The highest BCUT2D eigenvalue weighted by molar-refractivity contribution is 6.30. The van der Waals surface area contributed by atoms with E-state index in [1.165, 1.54) is 104 Å². The number of aromatic nitrogens is 8. The average molecular weight is 1120 g/mol. The Morgan fingerprint density at radius 1 is 0.216 bits per heavy atom. The van der Waals surface area contributed by atoms with Crippen molar-refractivity contribution < 1.29 is 0 Å². The Bertz CT molecular complexity index is 6010. The standard InChI is InChI=1S/C42H26N4.C38H24N4/c1-2-10-30(11-3-1)45-37-16-8-4-12-32(37)41-39(45)22-23-40-42(41)33-13-5-9-17-38(33)46(40)31-21-20-27-24-29(19-18-28(27)25-31)36-26-43-34-14-6-7-15-35(34)44-36;1-2-12-26(13-3-1)41-33-19-8-4-15-28(33)37-35(41)21-22-36-38(37)29-16-5-9-20-34(29)42(36)27-14-10-11-25(23-27)32-24-39-30-17-6-7-18-31(30)40-32/h1-26H;1-24H. The Kier molecular flexibility index (Phi) is 11.1. The van der Waals surface area contributed by atoms with Gasteiger partial charge in [-0.05, 0) is 138 Å². The lowest BCUT2D eigenvalue weighted by atomic mass is 10.0. The number of benzene rings is 13. The van der Waals surface area contributed by atoms with Crippen LogP contribution in [-0.4, -0.2) is 38.2 Å². The van der Waals surface area contributed by atoms with Gasteiger partial charge in [0.05, 0.1) is 90.0 Å². The fraction of sp³-hybridized carbons (Fsp3) is 0. The summed E-state index contributed by atoms with van der Waals surface area (Å²) in [7, 11) is 0. The van der Waals surface area contributed by atoms with E-state index in [0.717, 1.165) is 61.6 Å². The van der Waals surface area contributed by atoms with Crippen LogP contribution in [-0.2, 0) is 0 Å². The molecule has 0 saturated carbocycles. The van der Waals surface area contributed by atoms with Crippen LogP contribution in [0.2, 0.25) is 0 Å². The van der Waals surface area contributed by atoms with Gasteiger partial charge in [-0.1, -0.05) is 164 Å². The summed E-state index contributed by atoms with van der Waals surface area (Å²) in [5, 5.41) is 12.5. The number of hydrogen-bond donors (Lipinski definition) is 0. The zero-order chi connectivity index (χ0) is 57.8. The predicted molar refractivity (Wildman–Crippen MR) is 365 cm³/mol. The second-order valence-electron chi connectivity index (χ2n) is 22.6. The Morgan fingerprint density at radius 2 is 0.557 bits per heavy atom. The molecule has 410 valence electrons. The minimum atomic E-state index is 0.865. The molecule has 0 aliphatic carbocycles. The Balaban J connectivity index is 0.000000132. The quantitative estimate of drug-likeness (QED) is 0.166. The molecule has 0 spiro atoms. The van der Waals surface area contributed by atoms with Crippen LogP contribution < -0.4 is 0 Å². The zero-order valence-corrected chi connectivity index (χ0v) is 47.4. The SMILES string of the molecule is c1ccc(-n2c3ccccc3c3c4c5ccccc5n(-c5ccc6cc(-c7cnc8ccccc8n7)ccc6c5)c4ccc32)cc1.c1ccc(-n2c3ccccc3c3c4c5ccccc5n(-c5cccc(-c6cnc7ccccc7n6)c5)c4ccc32)cc1. The van der Waals surface area contributed by atoms with Gasteiger partial charge in [0.2, 0.25) is 0 Å². The van der Waals surface area contributed by atoms with Crippen molar-refractivity contribution >= 4 is 120 Å². The molecule has 0 fully saturated rings. The third kappa shape index (κ3) is 7.72. The summed E-state index contributed by atoms with van der Waals surface area (Å²) in [6.07, 6.45) is 3.74. The third-order valence-electron chi connectivity index (χ3n) is 17.6. The van der Waals surface area contributed by atoms with Gasteiger partial charge in [-0.3, -0.25) is 9.97 Å². The summed E-state index contributed by atoms with van der Waals surface area (Å²) >= 11 is 0. The van der Waals surface area contributed by atoms with Crippen molar-refractivity contribution in [1.29, 1.82) is 0 Å². The number of para-hydroxylation sites is 10. The van der Waals surface area contributed by atoms with Gasteiger partial charge in [-0.2, -0.15) is 0 Å². The van der Waals surface area contributed by atoms with Crippen molar-refractivity contribution in [2.75, 3.05) is 0 Å². The smallest absolute Gasteiger partial charge is 0.0894 e. The first-order valence-corrected chi connectivity index (χ1v) is 29.8. The largest absolute Gasteiger partial charge is 0.309 e. The van der Waals surface area contributed by atoms with Crippen LogP contribution in [0, 0.1) is 0 Å². The molecular weight excluding hydrogens is 1070 g/mol. The molecule has 19 rings (SSSR count). The van der Waals surface area contributed by atoms with E-state index >= 15 is 0 Å². The topological polar surface area (TPSA) is 71.3 Å². The lowest BCUT2D eigenvalue weighted by Gasteiger charge is -2.11. The highest BCUT2D eigenvalue weighted by Crippen LogP contribution is 2.45. The molecule has 19 aromatic rings. The van der Waals surface area contributed by atoms with Gasteiger partial charge < -0.3 is 18.3 Å². The molecule has 0 bridgehead atoms. The van der Waals surface area contributed by atoms with E-state index in [2.05, 4.69) is 271 Å². The third-order valence-corrected chi connectivity index (χ3v) is 17.6. The molecule has 0 atom stereocenters. The maximum Gasteiger partial charge on any atom is 0.0894 e. The van der Waals surface area contributed by atoms with E-state index in [9.17, 15) is 0 Å². The van der Waals surface area contributed by atoms with Crippen LogP contribution in [0.5, 0.6) is 0 Å². The summed E-state index contributed by atoms with van der Waals surface area (Å²) < 4.78 is 9.58. The van der Waals surface area contributed by atoms with E-state index in [0.29, 0.717) is 0 Å². The summed E-state index contributed by atoms with van der Waals surface area (Å²) in [6, 6.07) is 103. The van der Waals surface area contributed by atoms with Crippen molar-refractivity contribution in [1.82, 2.24) is 38.2 Å². The van der Waals surface area contributed by atoms with E-state index in [1.54, 1.807) is 0 Å². The van der Waals surface area contributed by atoms with Gasteiger partial charge in [-0.15, -0.1) is 0 Å². The first kappa shape index (κ1) is 49.4. The first-order valence-electron chi connectivity index (χ1n) is 29.8. The minimum Gasteiger partial charge on any atom is -0.309 e. The maximum absolute atomic E-state index is 4.92. The van der Waals surface area contributed by atoms with Crippen LogP contribution in [0.15, 0.2) is 304 Å². The second kappa shape index (κ2) is 19.8. The molecule has 6 aromatic heterocycles. The lowest BCUT2D eigenvalue weighted by Crippen LogP contribution is -1.96. The normalized spacial score (nSPS) is 11.9. The Labute approximate surface area is 504 Å². The van der Waals surface area contributed by atoms with E-state index in [1.807, 2.05) is 60.9 Å². The van der Waals surface area contributed by atoms with E-state index in [4.69, 9.17) is 9.97 Å². The van der Waals surface area contributed by atoms with Crippen LogP contribution in [0.3, 0.4) is 0 Å². The van der Waals surface area contributed by atoms with Crippen LogP contribution in [0.25, 0.3) is 165 Å². The lowest BCUT2D eigenvalue weighted by molar-refractivity contribution is 1.17. The van der Waals surface area contributed by atoms with Crippen molar-refractivity contribution in [2.24, 2.45) is 0 Å².